The van der Waals surface area contributed by atoms with E-state index in [9.17, 15) is 14.7 Å². The minimum atomic E-state index is -0.816. The molecule has 7 nitrogen and oxygen atoms in total. The second-order valence-corrected chi connectivity index (χ2v) is 7.56. The highest BCUT2D eigenvalue weighted by atomic mass is 35.5. The monoisotopic (exact) mass is 420 g/mol. The fraction of sp³-hybridized carbons (Fsp3) is 0.476. The zero-order valence-electron chi connectivity index (χ0n) is 16.3. The van der Waals surface area contributed by atoms with Crippen LogP contribution in [0.2, 0.25) is 5.02 Å². The van der Waals surface area contributed by atoms with Crippen molar-refractivity contribution in [3.8, 4) is 11.5 Å². The van der Waals surface area contributed by atoms with Crippen molar-refractivity contribution in [2.45, 2.75) is 44.6 Å². The van der Waals surface area contributed by atoms with Gasteiger partial charge in [-0.25, -0.2) is 9.48 Å². The lowest BCUT2D eigenvalue weighted by atomic mass is 9.98. The maximum atomic E-state index is 12.9. The number of esters is 1. The number of hydrogen-bond donors (Lipinski definition) is 1. The van der Waals surface area contributed by atoms with Crippen LogP contribution in [-0.2, 0) is 16.0 Å². The van der Waals surface area contributed by atoms with Gasteiger partial charge in [0.15, 0.2) is 16.8 Å². The molecule has 0 amide bonds. The van der Waals surface area contributed by atoms with Crippen LogP contribution < -0.4 is 10.3 Å². The molecule has 1 unspecified atom stereocenters. The summed E-state index contributed by atoms with van der Waals surface area (Å²) in [7, 11) is 1.30. The topological polar surface area (TPSA) is 90.7 Å². The standard InChI is InChI=1S/C21H25ClN2O5/c1-28-21(27)16(12-14-6-2-3-7-14)24-20(26)19(22)18(13-23-24)29-17-9-5-4-8-15(17)10-11-25/h4-5,8-9,13-14,16,25H,2-3,6-7,10-12H2,1H3. The summed E-state index contributed by atoms with van der Waals surface area (Å²) in [4.78, 5) is 25.2. The molecule has 2 aromatic rings. The summed E-state index contributed by atoms with van der Waals surface area (Å²) in [6, 6.07) is 6.35. The quantitative estimate of drug-likeness (QED) is 0.657. The fourth-order valence-corrected chi connectivity index (χ4v) is 3.94. The van der Waals surface area contributed by atoms with Crippen molar-refractivity contribution in [1.82, 2.24) is 9.78 Å². The smallest absolute Gasteiger partial charge is 0.330 e. The Morgan fingerprint density at radius 3 is 2.72 bits per heavy atom. The number of methoxy groups -OCH3 is 1. The zero-order valence-corrected chi connectivity index (χ0v) is 17.1. The van der Waals surface area contributed by atoms with Crippen LogP contribution in [0.1, 0.15) is 43.7 Å². The van der Waals surface area contributed by atoms with Crippen molar-refractivity contribution in [2.24, 2.45) is 5.92 Å². The van der Waals surface area contributed by atoms with E-state index in [0.717, 1.165) is 35.9 Å². The van der Waals surface area contributed by atoms with Gasteiger partial charge < -0.3 is 14.6 Å². The Kier molecular flexibility index (Phi) is 7.28. The minimum Gasteiger partial charge on any atom is -0.467 e. The van der Waals surface area contributed by atoms with Crippen molar-refractivity contribution in [3.63, 3.8) is 0 Å². The molecule has 1 heterocycles. The largest absolute Gasteiger partial charge is 0.467 e. The van der Waals surface area contributed by atoms with Crippen LogP contribution >= 0.6 is 11.6 Å². The summed E-state index contributed by atoms with van der Waals surface area (Å²) in [6.45, 7) is -0.0318. The van der Waals surface area contributed by atoms with E-state index in [1.54, 1.807) is 12.1 Å². The Morgan fingerprint density at radius 1 is 1.31 bits per heavy atom. The van der Waals surface area contributed by atoms with E-state index in [1.807, 2.05) is 12.1 Å². The van der Waals surface area contributed by atoms with Crippen LogP contribution in [0.15, 0.2) is 35.3 Å². The second kappa shape index (κ2) is 9.89. The molecule has 1 aromatic heterocycles. The molecule has 1 aromatic carbocycles. The van der Waals surface area contributed by atoms with E-state index in [2.05, 4.69) is 5.10 Å². The van der Waals surface area contributed by atoms with Crippen LogP contribution in [0, 0.1) is 5.92 Å². The number of hydrogen-bond acceptors (Lipinski definition) is 6. The van der Waals surface area contributed by atoms with E-state index in [4.69, 9.17) is 21.1 Å². The third kappa shape index (κ3) is 4.97. The number of rotatable bonds is 8. The van der Waals surface area contributed by atoms with E-state index < -0.39 is 17.6 Å². The number of aliphatic hydroxyl groups is 1. The third-order valence-corrected chi connectivity index (χ3v) is 5.63. The average Bonchev–Trinajstić information content (AvgIpc) is 3.24. The molecule has 1 saturated carbocycles. The molecule has 29 heavy (non-hydrogen) atoms. The van der Waals surface area contributed by atoms with E-state index in [-0.39, 0.29) is 17.4 Å². The van der Waals surface area contributed by atoms with Crippen LogP contribution in [0.3, 0.4) is 0 Å². The van der Waals surface area contributed by atoms with Gasteiger partial charge in [0.1, 0.15) is 5.75 Å². The first-order valence-electron chi connectivity index (χ1n) is 9.77. The zero-order chi connectivity index (χ0) is 20.8. The number of aliphatic hydroxyl groups excluding tert-OH is 1. The number of para-hydroxylation sites is 1. The van der Waals surface area contributed by atoms with Crippen molar-refractivity contribution >= 4 is 17.6 Å². The molecule has 1 atom stereocenters. The normalized spacial score (nSPS) is 15.3. The second-order valence-electron chi connectivity index (χ2n) is 7.18. The van der Waals surface area contributed by atoms with Gasteiger partial charge in [-0.2, -0.15) is 5.10 Å². The number of aromatic nitrogens is 2. The van der Waals surface area contributed by atoms with Gasteiger partial charge >= 0.3 is 5.97 Å². The molecule has 1 fully saturated rings. The first-order chi connectivity index (χ1) is 14.0. The number of carbonyl (C=O) groups excluding carboxylic acids is 1. The molecule has 0 saturated heterocycles. The number of ether oxygens (including phenoxy) is 2. The van der Waals surface area contributed by atoms with Gasteiger partial charge in [-0.1, -0.05) is 55.5 Å². The van der Waals surface area contributed by atoms with Crippen molar-refractivity contribution < 1.29 is 19.4 Å². The maximum Gasteiger partial charge on any atom is 0.330 e. The molecule has 0 aliphatic heterocycles. The van der Waals surface area contributed by atoms with Gasteiger partial charge in [-0.15, -0.1) is 0 Å². The Balaban J connectivity index is 1.89. The van der Waals surface area contributed by atoms with Gasteiger partial charge in [0.05, 0.1) is 13.3 Å². The lowest BCUT2D eigenvalue weighted by Crippen LogP contribution is -2.34. The van der Waals surface area contributed by atoms with E-state index in [1.165, 1.54) is 13.3 Å². The van der Waals surface area contributed by atoms with Gasteiger partial charge in [-0.3, -0.25) is 4.79 Å². The molecule has 1 aliphatic rings. The predicted molar refractivity (Wildman–Crippen MR) is 108 cm³/mol. The highest BCUT2D eigenvalue weighted by molar-refractivity contribution is 6.31. The fourth-order valence-electron chi connectivity index (χ4n) is 3.77. The van der Waals surface area contributed by atoms with Crippen molar-refractivity contribution in [3.05, 3.63) is 51.4 Å². The SMILES string of the molecule is COC(=O)C(CC1CCCC1)n1ncc(Oc2ccccc2CCO)c(Cl)c1=O. The van der Waals surface area contributed by atoms with Gasteiger partial charge in [0.2, 0.25) is 0 Å². The maximum absolute atomic E-state index is 12.9. The number of halogens is 1. The average molecular weight is 421 g/mol. The third-order valence-electron chi connectivity index (χ3n) is 5.29. The van der Waals surface area contributed by atoms with Gasteiger partial charge in [0, 0.05) is 6.61 Å². The minimum absolute atomic E-state index is 0.0318. The van der Waals surface area contributed by atoms with Gasteiger partial charge in [-0.05, 0) is 30.4 Å². The molecule has 1 N–H and O–H groups in total. The predicted octanol–water partition coefficient (Wildman–Crippen LogP) is 3.52. The molecule has 3 rings (SSSR count). The molecule has 0 bridgehead atoms. The molecule has 0 spiro atoms. The van der Waals surface area contributed by atoms with Crippen LogP contribution in [0.5, 0.6) is 11.5 Å². The van der Waals surface area contributed by atoms with Gasteiger partial charge in [0.25, 0.3) is 5.56 Å². The molecular formula is C21H25ClN2O5. The highest BCUT2D eigenvalue weighted by Gasteiger charge is 2.30. The lowest BCUT2D eigenvalue weighted by Gasteiger charge is -2.20. The number of nitrogens with zero attached hydrogens (tertiary/aromatic N) is 2. The van der Waals surface area contributed by atoms with Crippen LogP contribution in [0.4, 0.5) is 0 Å². The summed E-state index contributed by atoms with van der Waals surface area (Å²) in [5.41, 5.74) is 0.182. The molecule has 156 valence electrons. The Labute approximate surface area is 174 Å². The summed E-state index contributed by atoms with van der Waals surface area (Å²) >= 11 is 6.29. The molecule has 1 aliphatic carbocycles. The molecule has 0 radical (unpaired) electrons. The summed E-state index contributed by atoms with van der Waals surface area (Å²) in [6.07, 6.45) is 6.55. The summed E-state index contributed by atoms with van der Waals surface area (Å²) in [5.74, 6) is 0.429. The Morgan fingerprint density at radius 2 is 2.03 bits per heavy atom. The number of carbonyl (C=O) groups is 1. The summed E-state index contributed by atoms with van der Waals surface area (Å²) < 4.78 is 11.8. The first-order valence-corrected chi connectivity index (χ1v) is 10.1. The van der Waals surface area contributed by atoms with Crippen molar-refractivity contribution in [2.75, 3.05) is 13.7 Å². The molecular weight excluding hydrogens is 396 g/mol. The summed E-state index contributed by atoms with van der Waals surface area (Å²) in [5, 5.41) is 13.2. The van der Waals surface area contributed by atoms with E-state index in [0.29, 0.717) is 24.5 Å². The lowest BCUT2D eigenvalue weighted by molar-refractivity contribution is -0.145. The van der Waals surface area contributed by atoms with Crippen molar-refractivity contribution in [1.29, 1.82) is 0 Å². The Hall–Kier alpha value is -2.38. The highest BCUT2D eigenvalue weighted by Crippen LogP contribution is 2.33. The van der Waals surface area contributed by atoms with E-state index >= 15 is 0 Å². The van der Waals surface area contributed by atoms with Crippen LogP contribution in [-0.4, -0.2) is 34.6 Å². The van der Waals surface area contributed by atoms with Crippen LogP contribution in [0.25, 0.3) is 0 Å². The molecule has 8 heteroatoms. The Bertz CT molecular complexity index is 908. The first kappa shape index (κ1) is 21.3. The number of benzene rings is 1.